The third kappa shape index (κ3) is 5.19. The molecule has 4 rings (SSSR count). The number of carbonyl (C=O) groups excluding carboxylic acids is 1. The van der Waals surface area contributed by atoms with Gasteiger partial charge in [-0.3, -0.25) is 4.79 Å². The lowest BCUT2D eigenvalue weighted by Crippen LogP contribution is -2.25. The third-order valence-corrected chi connectivity index (χ3v) is 6.34. The first kappa shape index (κ1) is 23.3. The van der Waals surface area contributed by atoms with Gasteiger partial charge in [-0.2, -0.15) is 0 Å². The summed E-state index contributed by atoms with van der Waals surface area (Å²) in [7, 11) is -3.49. The highest BCUT2D eigenvalue weighted by atomic mass is 32.2. The standard InChI is InChI=1S/C24H21FN4O4S/c1-3-12-26-34(31,32)14-16-4-10-19(11-5-16)27-23(30)20-13-21(17-6-8-18(25)9-7-17)28-24-22(20)15(2)29-33-24/h3-11,13,26H,1,12,14H2,2H3,(H,27,30). The largest absolute Gasteiger partial charge is 0.335 e. The molecule has 0 atom stereocenters. The first-order chi connectivity index (χ1) is 16.3. The molecule has 34 heavy (non-hydrogen) atoms. The Labute approximate surface area is 195 Å². The van der Waals surface area contributed by atoms with Gasteiger partial charge < -0.3 is 9.84 Å². The topological polar surface area (TPSA) is 114 Å². The van der Waals surface area contributed by atoms with Crippen LogP contribution in [-0.2, 0) is 15.8 Å². The van der Waals surface area contributed by atoms with E-state index in [-0.39, 0.29) is 23.8 Å². The molecule has 2 aromatic carbocycles. The van der Waals surface area contributed by atoms with Crippen molar-refractivity contribution in [1.82, 2.24) is 14.9 Å². The Kier molecular flexibility index (Phi) is 6.53. The lowest BCUT2D eigenvalue weighted by atomic mass is 10.0. The van der Waals surface area contributed by atoms with Gasteiger partial charge in [0.05, 0.1) is 28.1 Å². The number of amides is 1. The van der Waals surface area contributed by atoms with Crippen LogP contribution in [0.15, 0.2) is 71.8 Å². The normalized spacial score (nSPS) is 11.5. The Morgan fingerprint density at radius 3 is 2.53 bits per heavy atom. The summed E-state index contributed by atoms with van der Waals surface area (Å²) in [6.07, 6.45) is 1.46. The maximum atomic E-state index is 13.3. The highest BCUT2D eigenvalue weighted by molar-refractivity contribution is 7.88. The zero-order valence-corrected chi connectivity index (χ0v) is 19.0. The number of anilines is 1. The third-order valence-electron chi connectivity index (χ3n) is 5.02. The number of halogens is 1. The molecule has 0 radical (unpaired) electrons. The second kappa shape index (κ2) is 9.54. The van der Waals surface area contributed by atoms with Crippen LogP contribution in [0.4, 0.5) is 10.1 Å². The lowest BCUT2D eigenvalue weighted by molar-refractivity contribution is 0.102. The first-order valence-corrected chi connectivity index (χ1v) is 11.9. The average Bonchev–Trinajstić information content (AvgIpc) is 3.19. The van der Waals surface area contributed by atoms with Gasteiger partial charge in [0.2, 0.25) is 10.0 Å². The number of nitrogens with zero attached hydrogens (tertiary/aromatic N) is 2. The number of pyridine rings is 1. The minimum absolute atomic E-state index is 0.152. The van der Waals surface area contributed by atoms with Crippen LogP contribution >= 0.6 is 0 Å². The van der Waals surface area contributed by atoms with Crippen LogP contribution < -0.4 is 10.0 Å². The van der Waals surface area contributed by atoms with Crippen LogP contribution in [0, 0.1) is 12.7 Å². The maximum absolute atomic E-state index is 13.3. The summed E-state index contributed by atoms with van der Waals surface area (Å²) in [6.45, 7) is 5.34. The first-order valence-electron chi connectivity index (χ1n) is 10.3. The molecule has 4 aromatic rings. The molecular formula is C24H21FN4O4S. The van der Waals surface area contributed by atoms with Crippen molar-refractivity contribution in [1.29, 1.82) is 0 Å². The Morgan fingerprint density at radius 1 is 1.15 bits per heavy atom. The van der Waals surface area contributed by atoms with Crippen molar-refractivity contribution in [2.75, 3.05) is 11.9 Å². The van der Waals surface area contributed by atoms with Crippen molar-refractivity contribution < 1.29 is 22.1 Å². The van der Waals surface area contributed by atoms with Gasteiger partial charge in [-0.05, 0) is 55.0 Å². The van der Waals surface area contributed by atoms with Gasteiger partial charge in [-0.15, -0.1) is 6.58 Å². The molecule has 0 aliphatic rings. The fraction of sp³-hybridized carbons (Fsp3) is 0.125. The number of aryl methyl sites for hydroxylation is 1. The second-order valence-corrected chi connectivity index (χ2v) is 9.36. The van der Waals surface area contributed by atoms with Gasteiger partial charge in [-0.1, -0.05) is 23.4 Å². The van der Waals surface area contributed by atoms with E-state index in [1.807, 2.05) is 0 Å². The SMILES string of the molecule is C=CCNS(=O)(=O)Cc1ccc(NC(=O)c2cc(-c3ccc(F)cc3)nc3onc(C)c23)cc1. The van der Waals surface area contributed by atoms with Gasteiger partial charge in [0.25, 0.3) is 11.6 Å². The molecule has 2 aromatic heterocycles. The number of rotatable bonds is 8. The van der Waals surface area contributed by atoms with Crippen molar-refractivity contribution in [2.24, 2.45) is 0 Å². The Bertz CT molecular complexity index is 1460. The Balaban J connectivity index is 1.60. The molecule has 174 valence electrons. The highest BCUT2D eigenvalue weighted by Gasteiger charge is 2.20. The van der Waals surface area contributed by atoms with Crippen LogP contribution in [0.5, 0.6) is 0 Å². The number of nitrogens with one attached hydrogen (secondary N) is 2. The van der Waals surface area contributed by atoms with Crippen LogP contribution in [0.3, 0.4) is 0 Å². The molecule has 0 saturated carbocycles. The maximum Gasteiger partial charge on any atom is 0.259 e. The Hall–Kier alpha value is -3.89. The number of sulfonamides is 1. The molecule has 0 aliphatic heterocycles. The summed E-state index contributed by atoms with van der Waals surface area (Å²) in [5.74, 6) is -0.998. The summed E-state index contributed by atoms with van der Waals surface area (Å²) in [4.78, 5) is 17.6. The summed E-state index contributed by atoms with van der Waals surface area (Å²) in [6, 6.07) is 13.8. The predicted octanol–water partition coefficient (Wildman–Crippen LogP) is 4.20. The molecule has 0 bridgehead atoms. The van der Waals surface area contributed by atoms with Crippen LogP contribution in [-0.4, -0.2) is 31.0 Å². The molecule has 1 amide bonds. The number of benzene rings is 2. The van der Waals surface area contributed by atoms with E-state index in [1.54, 1.807) is 49.4 Å². The van der Waals surface area contributed by atoms with E-state index in [2.05, 4.69) is 26.8 Å². The van der Waals surface area contributed by atoms with Crippen molar-refractivity contribution in [3.8, 4) is 11.3 Å². The number of hydrogen-bond donors (Lipinski definition) is 2. The molecule has 8 nitrogen and oxygen atoms in total. The Morgan fingerprint density at radius 2 is 1.85 bits per heavy atom. The van der Waals surface area contributed by atoms with Gasteiger partial charge in [0.15, 0.2) is 0 Å². The molecule has 10 heteroatoms. The van der Waals surface area contributed by atoms with Crippen molar-refractivity contribution in [2.45, 2.75) is 12.7 Å². The van der Waals surface area contributed by atoms with Crippen molar-refractivity contribution >= 4 is 32.7 Å². The molecular weight excluding hydrogens is 459 g/mol. The number of hydrogen-bond acceptors (Lipinski definition) is 6. The van der Waals surface area contributed by atoms with Crippen LogP contribution in [0.2, 0.25) is 0 Å². The van der Waals surface area contributed by atoms with E-state index >= 15 is 0 Å². The molecule has 0 spiro atoms. The number of carbonyl (C=O) groups is 1. The smallest absolute Gasteiger partial charge is 0.259 e. The van der Waals surface area contributed by atoms with E-state index in [4.69, 9.17) is 4.52 Å². The van der Waals surface area contributed by atoms with E-state index in [0.29, 0.717) is 39.2 Å². The number of aromatic nitrogens is 2. The summed E-state index contributed by atoms with van der Waals surface area (Å²) >= 11 is 0. The minimum atomic E-state index is -3.49. The molecule has 0 saturated heterocycles. The molecule has 0 unspecified atom stereocenters. The summed E-state index contributed by atoms with van der Waals surface area (Å²) < 4.78 is 45.1. The predicted molar refractivity (Wildman–Crippen MR) is 127 cm³/mol. The minimum Gasteiger partial charge on any atom is -0.335 e. The van der Waals surface area contributed by atoms with E-state index in [0.717, 1.165) is 0 Å². The van der Waals surface area contributed by atoms with E-state index in [9.17, 15) is 17.6 Å². The van der Waals surface area contributed by atoms with Gasteiger partial charge in [-0.25, -0.2) is 22.5 Å². The monoisotopic (exact) mass is 480 g/mol. The quantitative estimate of drug-likeness (QED) is 0.366. The molecule has 0 aliphatic carbocycles. The lowest BCUT2D eigenvalue weighted by Gasteiger charge is -2.10. The van der Waals surface area contributed by atoms with Gasteiger partial charge in [0.1, 0.15) is 5.82 Å². The van der Waals surface area contributed by atoms with Gasteiger partial charge >= 0.3 is 0 Å². The summed E-state index contributed by atoms with van der Waals surface area (Å²) in [5, 5.41) is 7.19. The zero-order valence-electron chi connectivity index (χ0n) is 18.2. The second-order valence-electron chi connectivity index (χ2n) is 7.56. The fourth-order valence-corrected chi connectivity index (χ4v) is 4.49. The van der Waals surface area contributed by atoms with Crippen molar-refractivity contribution in [3.05, 3.63) is 89.9 Å². The van der Waals surface area contributed by atoms with E-state index < -0.39 is 15.9 Å². The van der Waals surface area contributed by atoms with Gasteiger partial charge in [0, 0.05) is 17.8 Å². The molecule has 2 heterocycles. The van der Waals surface area contributed by atoms with Crippen LogP contribution in [0.1, 0.15) is 21.6 Å². The molecule has 2 N–H and O–H groups in total. The number of fused-ring (bicyclic) bond motifs is 1. The highest BCUT2D eigenvalue weighted by Crippen LogP contribution is 2.28. The van der Waals surface area contributed by atoms with Crippen molar-refractivity contribution in [3.63, 3.8) is 0 Å². The van der Waals surface area contributed by atoms with E-state index in [1.165, 1.54) is 18.2 Å². The average molecular weight is 481 g/mol. The zero-order chi connectivity index (χ0) is 24.3. The summed E-state index contributed by atoms with van der Waals surface area (Å²) in [5.41, 5.74) is 3.08. The fourth-order valence-electron chi connectivity index (χ4n) is 3.38. The molecule has 0 fully saturated rings. The van der Waals surface area contributed by atoms with Crippen LogP contribution in [0.25, 0.3) is 22.4 Å².